The number of hydrogen-bond acceptors (Lipinski definition) is 3. The largest absolute Gasteiger partial charge is 0.367 e. The van der Waals surface area contributed by atoms with Crippen LogP contribution in [0.5, 0.6) is 0 Å². The Kier molecular flexibility index (Phi) is 10.5. The van der Waals surface area contributed by atoms with E-state index in [0.717, 1.165) is 19.3 Å². The molecule has 0 radical (unpaired) electrons. The predicted molar refractivity (Wildman–Crippen MR) is 75.2 cm³/mol. The second kappa shape index (κ2) is 9.15. The lowest BCUT2D eigenvalue weighted by Crippen LogP contribution is -2.55. The summed E-state index contributed by atoms with van der Waals surface area (Å²) in [4.78, 5) is 0. The minimum Gasteiger partial charge on any atom is -0.367 e. The summed E-state index contributed by atoms with van der Waals surface area (Å²) in [5, 5.41) is 18.6. The molecule has 0 saturated carbocycles. The number of nitrogens with two attached hydrogens (primary N) is 1. The molecular formula is C13H30ClNO2. The molecule has 0 aromatic heterocycles. The van der Waals surface area contributed by atoms with Gasteiger partial charge in [-0.05, 0) is 18.8 Å². The summed E-state index contributed by atoms with van der Waals surface area (Å²) in [7, 11) is 0. The fourth-order valence-electron chi connectivity index (χ4n) is 2.22. The Labute approximate surface area is 112 Å². The molecule has 0 aliphatic heterocycles. The van der Waals surface area contributed by atoms with Crippen LogP contribution in [0.1, 0.15) is 59.8 Å². The molecule has 3 atom stereocenters. The Morgan fingerprint density at radius 2 is 1.65 bits per heavy atom. The predicted octanol–water partition coefficient (Wildman–Crippen LogP) is 2.68. The Hall–Kier alpha value is 0.170. The van der Waals surface area contributed by atoms with Gasteiger partial charge in [0.25, 0.3) is 0 Å². The first-order valence-corrected chi connectivity index (χ1v) is 6.52. The molecule has 17 heavy (non-hydrogen) atoms. The van der Waals surface area contributed by atoms with Crippen LogP contribution < -0.4 is 5.73 Å². The van der Waals surface area contributed by atoms with Crippen molar-refractivity contribution in [2.75, 3.05) is 0 Å². The van der Waals surface area contributed by atoms with E-state index in [2.05, 4.69) is 13.8 Å². The average Bonchev–Trinajstić information content (AvgIpc) is 2.22. The SMILES string of the molecule is CCCCC(CCC)C(C)C(C)(N)C(O)O.Cl. The van der Waals surface area contributed by atoms with Crippen LogP contribution in [0.4, 0.5) is 0 Å². The van der Waals surface area contributed by atoms with Crippen molar-refractivity contribution in [3.63, 3.8) is 0 Å². The normalized spacial score (nSPS) is 18.4. The van der Waals surface area contributed by atoms with Gasteiger partial charge < -0.3 is 15.9 Å². The van der Waals surface area contributed by atoms with Crippen LogP contribution in [0.3, 0.4) is 0 Å². The molecule has 0 spiro atoms. The number of halogens is 1. The highest BCUT2D eigenvalue weighted by Gasteiger charge is 2.37. The summed E-state index contributed by atoms with van der Waals surface area (Å²) in [5.74, 6) is 0.612. The van der Waals surface area contributed by atoms with Crippen LogP contribution in [0.2, 0.25) is 0 Å². The molecule has 3 nitrogen and oxygen atoms in total. The Balaban J connectivity index is 0. The standard InChI is InChI=1S/C13H29NO2.ClH/c1-5-7-9-11(8-6-2)10(3)13(4,14)12(15)16;/h10-12,15-16H,5-9,14H2,1-4H3;1H. The molecule has 0 aliphatic rings. The Bertz CT molecular complexity index is 186. The summed E-state index contributed by atoms with van der Waals surface area (Å²) in [6.45, 7) is 8.11. The zero-order valence-electron chi connectivity index (χ0n) is 11.6. The highest BCUT2D eigenvalue weighted by atomic mass is 35.5. The number of rotatable bonds is 8. The van der Waals surface area contributed by atoms with Crippen LogP contribution in [0, 0.1) is 11.8 Å². The van der Waals surface area contributed by atoms with Crippen LogP contribution in [0.25, 0.3) is 0 Å². The van der Waals surface area contributed by atoms with Gasteiger partial charge in [0.15, 0.2) is 6.29 Å². The lowest BCUT2D eigenvalue weighted by molar-refractivity contribution is -0.114. The molecule has 0 fully saturated rings. The molecule has 4 N–H and O–H groups in total. The van der Waals surface area contributed by atoms with Gasteiger partial charge in [-0.15, -0.1) is 12.4 Å². The Morgan fingerprint density at radius 3 is 2.00 bits per heavy atom. The third kappa shape index (κ3) is 6.05. The van der Waals surface area contributed by atoms with Gasteiger partial charge in [0.05, 0.1) is 5.54 Å². The summed E-state index contributed by atoms with van der Waals surface area (Å²) >= 11 is 0. The maximum atomic E-state index is 9.32. The zero-order valence-corrected chi connectivity index (χ0v) is 12.5. The van der Waals surface area contributed by atoms with Gasteiger partial charge in [-0.3, -0.25) is 0 Å². The molecule has 0 amide bonds. The maximum Gasteiger partial charge on any atom is 0.169 e. The number of unbranched alkanes of at least 4 members (excludes halogenated alkanes) is 1. The van der Waals surface area contributed by atoms with Gasteiger partial charge in [-0.1, -0.05) is 52.9 Å². The Morgan fingerprint density at radius 1 is 1.12 bits per heavy atom. The lowest BCUT2D eigenvalue weighted by atomic mass is 9.74. The molecule has 0 aliphatic carbocycles. The van der Waals surface area contributed by atoms with E-state index in [1.165, 1.54) is 12.8 Å². The van der Waals surface area contributed by atoms with Crippen molar-refractivity contribution in [2.24, 2.45) is 17.6 Å². The van der Waals surface area contributed by atoms with Crippen molar-refractivity contribution < 1.29 is 10.2 Å². The highest BCUT2D eigenvalue weighted by Crippen LogP contribution is 2.31. The molecule has 3 unspecified atom stereocenters. The number of aliphatic hydroxyl groups is 2. The van der Waals surface area contributed by atoms with Crippen LogP contribution in [-0.4, -0.2) is 22.0 Å². The number of aliphatic hydroxyl groups excluding tert-OH is 1. The maximum absolute atomic E-state index is 9.32. The van der Waals surface area contributed by atoms with E-state index in [1.54, 1.807) is 6.92 Å². The molecule has 4 heteroatoms. The van der Waals surface area contributed by atoms with Crippen LogP contribution in [-0.2, 0) is 0 Å². The third-order valence-corrected chi connectivity index (χ3v) is 3.83. The molecule has 0 rings (SSSR count). The first-order chi connectivity index (χ1) is 7.37. The molecular weight excluding hydrogens is 238 g/mol. The van der Waals surface area contributed by atoms with E-state index in [-0.39, 0.29) is 18.3 Å². The van der Waals surface area contributed by atoms with Crippen molar-refractivity contribution in [1.29, 1.82) is 0 Å². The fraction of sp³-hybridized carbons (Fsp3) is 1.00. The fourth-order valence-corrected chi connectivity index (χ4v) is 2.22. The smallest absolute Gasteiger partial charge is 0.169 e. The summed E-state index contributed by atoms with van der Waals surface area (Å²) in [5.41, 5.74) is 5.10. The van der Waals surface area contributed by atoms with Crippen LogP contribution >= 0.6 is 12.4 Å². The highest BCUT2D eigenvalue weighted by molar-refractivity contribution is 5.85. The van der Waals surface area contributed by atoms with Crippen molar-refractivity contribution >= 4 is 12.4 Å². The van der Waals surface area contributed by atoms with E-state index in [4.69, 9.17) is 5.73 Å². The zero-order chi connectivity index (χ0) is 12.8. The molecule has 106 valence electrons. The van der Waals surface area contributed by atoms with E-state index in [1.807, 2.05) is 6.92 Å². The third-order valence-electron chi connectivity index (χ3n) is 3.83. The van der Waals surface area contributed by atoms with Gasteiger partial charge in [0.2, 0.25) is 0 Å². The second-order valence-corrected chi connectivity index (χ2v) is 5.22. The molecule has 0 aromatic rings. The molecule has 0 bridgehead atoms. The lowest BCUT2D eigenvalue weighted by Gasteiger charge is -2.38. The van der Waals surface area contributed by atoms with Gasteiger partial charge in [-0.25, -0.2) is 0 Å². The van der Waals surface area contributed by atoms with E-state index < -0.39 is 11.8 Å². The molecule has 0 aromatic carbocycles. The van der Waals surface area contributed by atoms with Crippen molar-refractivity contribution in [3.05, 3.63) is 0 Å². The van der Waals surface area contributed by atoms with E-state index in [9.17, 15) is 10.2 Å². The van der Waals surface area contributed by atoms with Gasteiger partial charge >= 0.3 is 0 Å². The summed E-state index contributed by atoms with van der Waals surface area (Å²) in [6.07, 6.45) is 4.29. The quantitative estimate of drug-likeness (QED) is 0.593. The van der Waals surface area contributed by atoms with Gasteiger partial charge in [0.1, 0.15) is 0 Å². The van der Waals surface area contributed by atoms with Crippen LogP contribution in [0.15, 0.2) is 0 Å². The summed E-state index contributed by atoms with van der Waals surface area (Å²) in [6, 6.07) is 0. The topological polar surface area (TPSA) is 66.5 Å². The minimum atomic E-state index is -1.44. The van der Waals surface area contributed by atoms with Gasteiger partial charge in [-0.2, -0.15) is 0 Å². The summed E-state index contributed by atoms with van der Waals surface area (Å²) < 4.78 is 0. The first-order valence-electron chi connectivity index (χ1n) is 6.52. The molecule has 0 heterocycles. The average molecular weight is 268 g/mol. The molecule has 0 saturated heterocycles. The number of hydrogen-bond donors (Lipinski definition) is 3. The minimum absolute atomic E-state index is 0. The van der Waals surface area contributed by atoms with Crippen molar-refractivity contribution in [2.45, 2.75) is 71.6 Å². The first kappa shape index (κ1) is 19.5. The van der Waals surface area contributed by atoms with Crippen molar-refractivity contribution in [3.8, 4) is 0 Å². The second-order valence-electron chi connectivity index (χ2n) is 5.22. The van der Waals surface area contributed by atoms with Gasteiger partial charge in [0, 0.05) is 0 Å². The van der Waals surface area contributed by atoms with Crippen molar-refractivity contribution in [1.82, 2.24) is 0 Å². The van der Waals surface area contributed by atoms with E-state index >= 15 is 0 Å². The van der Waals surface area contributed by atoms with E-state index in [0.29, 0.717) is 5.92 Å². The monoisotopic (exact) mass is 267 g/mol.